The molecule has 0 aliphatic carbocycles. The van der Waals surface area contributed by atoms with Crippen LogP contribution in [0.15, 0.2) is 161 Å². The fourth-order valence-corrected chi connectivity index (χ4v) is 11.0. The Labute approximate surface area is 280 Å². The molecule has 2 aromatic heterocycles. The highest BCUT2D eigenvalue weighted by Gasteiger charge is 2.37. The smallest absolute Gasteiger partial charge is 0.309 e. The molecule has 0 bridgehead atoms. The van der Waals surface area contributed by atoms with Crippen molar-refractivity contribution in [2.75, 3.05) is 0 Å². The number of rotatable bonds is 2. The molecule has 4 heterocycles. The Morgan fingerprint density at radius 2 is 0.851 bits per heavy atom. The van der Waals surface area contributed by atoms with Gasteiger partial charge in [0.05, 0.1) is 22.1 Å². The van der Waals surface area contributed by atoms with Crippen LogP contribution in [0.25, 0.3) is 77.2 Å². The first-order valence-electron chi connectivity index (χ1n) is 16.0. The van der Waals surface area contributed by atoms with E-state index in [4.69, 9.17) is 0 Å². The molecule has 5 heteroatoms. The average Bonchev–Trinajstić information content (AvgIpc) is 3.65. The van der Waals surface area contributed by atoms with Crippen LogP contribution in [0.2, 0.25) is 0 Å². The van der Waals surface area contributed by atoms with Gasteiger partial charge in [-0.15, -0.1) is 0 Å². The van der Waals surface area contributed by atoms with E-state index in [0.29, 0.717) is 5.27 Å². The molecule has 7 aromatic carbocycles. The molecule has 0 N–H and O–H groups in total. The minimum absolute atomic E-state index is 0.334. The molecular formula is C42H25BN2S2. The summed E-state index contributed by atoms with van der Waals surface area (Å²) in [7, 11) is 0. The lowest BCUT2D eigenvalue weighted by molar-refractivity contribution is 1.17. The van der Waals surface area contributed by atoms with Crippen LogP contribution < -0.4 is 5.46 Å². The van der Waals surface area contributed by atoms with E-state index in [-0.39, 0.29) is 0 Å². The van der Waals surface area contributed by atoms with Gasteiger partial charge in [0.25, 0.3) is 0 Å². The van der Waals surface area contributed by atoms with E-state index in [1.165, 1.54) is 92.5 Å². The van der Waals surface area contributed by atoms with E-state index >= 15 is 0 Å². The van der Waals surface area contributed by atoms with Crippen LogP contribution in [0.1, 0.15) is 0 Å². The first-order valence-corrected chi connectivity index (χ1v) is 17.8. The number of hydrogen-bond donors (Lipinski definition) is 0. The summed E-state index contributed by atoms with van der Waals surface area (Å²) in [5.74, 6) is 0. The van der Waals surface area contributed by atoms with Gasteiger partial charge in [0.15, 0.2) is 0 Å². The summed E-state index contributed by atoms with van der Waals surface area (Å²) in [6, 6.07) is 56.1. The first kappa shape index (κ1) is 26.0. The third-order valence-electron chi connectivity index (χ3n) is 9.97. The zero-order valence-electron chi connectivity index (χ0n) is 25.2. The van der Waals surface area contributed by atoms with Crippen molar-refractivity contribution >= 4 is 77.6 Å². The molecule has 11 rings (SSSR count). The summed E-state index contributed by atoms with van der Waals surface area (Å²) in [5.41, 5.74) is 14.1. The van der Waals surface area contributed by atoms with Crippen molar-refractivity contribution in [3.8, 4) is 33.6 Å². The molecule has 2 aliphatic heterocycles. The molecule has 0 radical (unpaired) electrons. The van der Waals surface area contributed by atoms with Crippen LogP contribution in [0, 0.1) is 0 Å². The normalized spacial score (nSPS) is 13.3. The summed E-state index contributed by atoms with van der Waals surface area (Å²) in [4.78, 5) is 2.72. The number of hydrogen-bond acceptors (Lipinski definition) is 2. The Morgan fingerprint density at radius 1 is 0.383 bits per heavy atom. The molecule has 218 valence electrons. The Morgan fingerprint density at radius 3 is 1.43 bits per heavy atom. The van der Waals surface area contributed by atoms with Crippen LogP contribution in [-0.4, -0.2) is 14.4 Å². The molecule has 2 aliphatic rings. The molecule has 47 heavy (non-hydrogen) atoms. The molecular weight excluding hydrogens is 607 g/mol. The number of para-hydroxylation sites is 3. The molecule has 2 nitrogen and oxygen atoms in total. The predicted octanol–water partition coefficient (Wildman–Crippen LogP) is 11.1. The van der Waals surface area contributed by atoms with Gasteiger partial charge in [0.2, 0.25) is 0 Å². The van der Waals surface area contributed by atoms with Crippen molar-refractivity contribution in [1.29, 1.82) is 0 Å². The molecule has 0 atom stereocenters. The lowest BCUT2D eigenvalue weighted by atomic mass is 9.77. The van der Waals surface area contributed by atoms with Crippen molar-refractivity contribution in [3.63, 3.8) is 0 Å². The average molecular weight is 633 g/mol. The van der Waals surface area contributed by atoms with Gasteiger partial charge >= 0.3 is 5.27 Å². The lowest BCUT2D eigenvalue weighted by Gasteiger charge is -2.32. The maximum atomic E-state index is 2.51. The SMILES string of the molecule is c1ccc(-n2c3ccccc3c3c4c5ccccc5n(-c5cc6c7c(c5)-c5ccccc5SB7Sc5ccccc5-6)c4ccc32)cc1. The van der Waals surface area contributed by atoms with Gasteiger partial charge in [-0.25, -0.2) is 0 Å². The Kier molecular flexibility index (Phi) is 5.38. The molecule has 0 amide bonds. The Balaban J connectivity index is 1.28. The monoisotopic (exact) mass is 632 g/mol. The quantitative estimate of drug-likeness (QED) is 0.176. The van der Waals surface area contributed by atoms with E-state index in [0.717, 1.165) is 0 Å². The molecule has 0 saturated carbocycles. The highest BCUT2D eigenvalue weighted by Crippen LogP contribution is 2.50. The van der Waals surface area contributed by atoms with Crippen LogP contribution in [0.4, 0.5) is 0 Å². The number of fused-ring (bicyclic) bond motifs is 11. The Hall–Kier alpha value is -5.10. The van der Waals surface area contributed by atoms with Crippen LogP contribution >= 0.6 is 23.2 Å². The van der Waals surface area contributed by atoms with Crippen molar-refractivity contribution in [3.05, 3.63) is 152 Å². The third-order valence-corrected chi connectivity index (χ3v) is 12.7. The predicted molar refractivity (Wildman–Crippen MR) is 203 cm³/mol. The van der Waals surface area contributed by atoms with Gasteiger partial charge in [-0.2, -0.15) is 23.2 Å². The van der Waals surface area contributed by atoms with Crippen molar-refractivity contribution in [2.24, 2.45) is 0 Å². The lowest BCUT2D eigenvalue weighted by Crippen LogP contribution is -2.33. The van der Waals surface area contributed by atoms with Crippen LogP contribution in [0.5, 0.6) is 0 Å². The molecule has 0 saturated heterocycles. The zero-order valence-corrected chi connectivity index (χ0v) is 26.9. The second-order valence-electron chi connectivity index (χ2n) is 12.4. The van der Waals surface area contributed by atoms with Gasteiger partial charge in [-0.05, 0) is 88.4 Å². The van der Waals surface area contributed by atoms with E-state index in [1.54, 1.807) is 0 Å². The molecule has 0 spiro atoms. The minimum atomic E-state index is 0.334. The highest BCUT2D eigenvalue weighted by atomic mass is 32.2. The van der Waals surface area contributed by atoms with Crippen molar-refractivity contribution in [1.82, 2.24) is 9.13 Å². The molecule has 9 aromatic rings. The van der Waals surface area contributed by atoms with Gasteiger partial charge in [-0.1, -0.05) is 91.0 Å². The second-order valence-corrected chi connectivity index (χ2v) is 15.0. The van der Waals surface area contributed by atoms with Crippen LogP contribution in [0.3, 0.4) is 0 Å². The van der Waals surface area contributed by atoms with E-state index in [9.17, 15) is 0 Å². The van der Waals surface area contributed by atoms with E-state index < -0.39 is 0 Å². The summed E-state index contributed by atoms with van der Waals surface area (Å²) < 4.78 is 4.93. The van der Waals surface area contributed by atoms with Gasteiger partial charge in [0, 0.05) is 42.7 Å². The maximum Gasteiger partial charge on any atom is 0.318 e. The van der Waals surface area contributed by atoms with Gasteiger partial charge < -0.3 is 9.13 Å². The van der Waals surface area contributed by atoms with E-state index in [1.807, 2.05) is 23.2 Å². The topological polar surface area (TPSA) is 9.86 Å². The summed E-state index contributed by atoms with van der Waals surface area (Å²) in [5, 5.41) is 5.50. The fourth-order valence-electron chi connectivity index (χ4n) is 8.07. The molecule has 0 fully saturated rings. The van der Waals surface area contributed by atoms with Gasteiger partial charge in [-0.3, -0.25) is 0 Å². The third kappa shape index (κ3) is 3.56. The number of benzene rings is 7. The maximum absolute atomic E-state index is 2.51. The van der Waals surface area contributed by atoms with Gasteiger partial charge in [0.1, 0.15) is 0 Å². The summed E-state index contributed by atoms with van der Waals surface area (Å²) in [6.45, 7) is 0. The first-order chi connectivity index (χ1) is 23.3. The number of nitrogens with zero attached hydrogens (tertiary/aromatic N) is 2. The minimum Gasteiger partial charge on any atom is -0.309 e. The zero-order chi connectivity index (χ0) is 30.6. The van der Waals surface area contributed by atoms with Crippen molar-refractivity contribution in [2.45, 2.75) is 9.79 Å². The largest absolute Gasteiger partial charge is 0.318 e. The summed E-state index contributed by atoms with van der Waals surface area (Å²) in [6.07, 6.45) is 0. The second kappa shape index (κ2) is 9.71. The molecule has 0 unspecified atom stereocenters. The standard InChI is InChI=1S/C42H25BN2S2/c1-2-12-26(13-3-1)44-34-18-8-4-16-30(34)40-36(44)22-23-37-41(40)31-17-5-9-19-35(31)45(37)27-24-32-28-14-6-10-20-38(28)46-43-42(32)33(25-27)29-15-7-11-21-39(29)47-43/h1-25H. The van der Waals surface area contributed by atoms with Crippen molar-refractivity contribution < 1.29 is 0 Å². The fraction of sp³-hybridized carbons (Fsp3) is 0. The number of aromatic nitrogens is 2. The van der Waals surface area contributed by atoms with E-state index in [2.05, 4.69) is 161 Å². The van der Waals surface area contributed by atoms with Crippen LogP contribution in [-0.2, 0) is 0 Å². The Bertz CT molecular complexity index is 2690. The highest BCUT2D eigenvalue weighted by molar-refractivity contribution is 8.56. The summed E-state index contributed by atoms with van der Waals surface area (Å²) >= 11 is 3.99.